The molecule has 1 fully saturated rings. The summed E-state index contributed by atoms with van der Waals surface area (Å²) < 4.78 is 12.9. The van der Waals surface area contributed by atoms with Crippen LogP contribution in [0.25, 0.3) is 0 Å². The Balaban J connectivity index is 1.98. The van der Waals surface area contributed by atoms with Crippen molar-refractivity contribution >= 4 is 5.91 Å². The summed E-state index contributed by atoms with van der Waals surface area (Å²) in [6.07, 6.45) is 4.20. The summed E-state index contributed by atoms with van der Waals surface area (Å²) in [5, 5.41) is 3.30. The van der Waals surface area contributed by atoms with Crippen LogP contribution < -0.4 is 5.32 Å². The Hall–Kier alpha value is -1.49. The molecule has 2 unspecified atom stereocenters. The molecule has 2 heterocycles. The van der Waals surface area contributed by atoms with Gasteiger partial charge in [0.15, 0.2) is 0 Å². The molecule has 1 aliphatic rings. The maximum atomic E-state index is 12.9. The van der Waals surface area contributed by atoms with Crippen LogP contribution in [0.5, 0.6) is 0 Å². The molecule has 1 N–H and O–H groups in total. The van der Waals surface area contributed by atoms with Crippen LogP contribution in [0.1, 0.15) is 44.8 Å². The summed E-state index contributed by atoms with van der Waals surface area (Å²) in [4.78, 5) is 18.3. The van der Waals surface area contributed by atoms with Crippen LogP contribution >= 0.6 is 0 Å². The van der Waals surface area contributed by atoms with E-state index in [1.807, 2.05) is 18.7 Å². The highest BCUT2D eigenvalue weighted by molar-refractivity contribution is 5.81. The van der Waals surface area contributed by atoms with Crippen molar-refractivity contribution in [3.63, 3.8) is 0 Å². The Bertz CT molecular complexity index is 443. The van der Waals surface area contributed by atoms with E-state index in [4.69, 9.17) is 0 Å². The molecule has 20 heavy (non-hydrogen) atoms. The zero-order chi connectivity index (χ0) is 14.5. The molecule has 0 radical (unpaired) electrons. The topological polar surface area (TPSA) is 45.2 Å². The van der Waals surface area contributed by atoms with Crippen LogP contribution in [0.3, 0.4) is 0 Å². The smallest absolute Gasteiger partial charge is 0.239 e. The number of pyridine rings is 1. The highest BCUT2D eigenvalue weighted by Gasteiger charge is 2.25. The van der Waals surface area contributed by atoms with Crippen molar-refractivity contribution in [1.29, 1.82) is 0 Å². The average molecular weight is 279 g/mol. The molecule has 1 amide bonds. The second-order valence-electron chi connectivity index (χ2n) is 5.28. The maximum absolute atomic E-state index is 12.9. The molecule has 0 spiro atoms. The van der Waals surface area contributed by atoms with Gasteiger partial charge in [-0.05, 0) is 38.3 Å². The van der Waals surface area contributed by atoms with E-state index >= 15 is 0 Å². The predicted octanol–water partition coefficient (Wildman–Crippen LogP) is 2.27. The summed E-state index contributed by atoms with van der Waals surface area (Å²) >= 11 is 0. The Morgan fingerprint density at radius 1 is 1.45 bits per heavy atom. The zero-order valence-electron chi connectivity index (χ0n) is 12.1. The Morgan fingerprint density at radius 2 is 2.15 bits per heavy atom. The number of rotatable bonds is 5. The maximum Gasteiger partial charge on any atom is 0.239 e. The highest BCUT2D eigenvalue weighted by atomic mass is 19.1. The molecular weight excluding hydrogens is 257 g/mol. The summed E-state index contributed by atoms with van der Waals surface area (Å²) in [7, 11) is 0. The third-order valence-electron chi connectivity index (χ3n) is 3.75. The number of aromatic nitrogens is 1. The molecule has 2 rings (SSSR count). The first kappa shape index (κ1) is 14.9. The van der Waals surface area contributed by atoms with Crippen LogP contribution in [0.15, 0.2) is 18.3 Å². The number of nitrogens with one attached hydrogen (secondary N) is 1. The van der Waals surface area contributed by atoms with Crippen LogP contribution in [0.2, 0.25) is 0 Å². The quantitative estimate of drug-likeness (QED) is 0.899. The summed E-state index contributed by atoms with van der Waals surface area (Å²) in [5.41, 5.74) is 0.773. The largest absolute Gasteiger partial charge is 0.341 e. The van der Waals surface area contributed by atoms with Crippen molar-refractivity contribution in [3.05, 3.63) is 29.8 Å². The number of amides is 1. The van der Waals surface area contributed by atoms with Crippen LogP contribution in [0.4, 0.5) is 4.39 Å². The Labute approximate surface area is 119 Å². The van der Waals surface area contributed by atoms with Crippen molar-refractivity contribution in [3.8, 4) is 0 Å². The summed E-state index contributed by atoms with van der Waals surface area (Å²) in [5.74, 6) is -0.201. The van der Waals surface area contributed by atoms with Crippen molar-refractivity contribution in [2.24, 2.45) is 0 Å². The molecular formula is C15H22FN3O. The van der Waals surface area contributed by atoms with E-state index in [1.54, 1.807) is 6.07 Å². The van der Waals surface area contributed by atoms with Crippen LogP contribution in [-0.2, 0) is 4.79 Å². The van der Waals surface area contributed by atoms with Gasteiger partial charge in [-0.3, -0.25) is 15.1 Å². The molecule has 110 valence electrons. The van der Waals surface area contributed by atoms with E-state index in [2.05, 4.69) is 10.3 Å². The molecule has 1 saturated heterocycles. The lowest BCUT2D eigenvalue weighted by Crippen LogP contribution is -2.45. The first-order valence-electron chi connectivity index (χ1n) is 7.28. The third kappa shape index (κ3) is 3.54. The van der Waals surface area contributed by atoms with Crippen molar-refractivity contribution in [1.82, 2.24) is 15.2 Å². The molecule has 1 aliphatic heterocycles. The monoisotopic (exact) mass is 279 g/mol. The van der Waals surface area contributed by atoms with Crippen molar-refractivity contribution in [2.45, 2.75) is 45.2 Å². The fraction of sp³-hybridized carbons (Fsp3) is 0.600. The number of likely N-dealkylation sites (tertiary alicyclic amines) is 1. The molecule has 5 heteroatoms. The van der Waals surface area contributed by atoms with Gasteiger partial charge in [0.25, 0.3) is 0 Å². The standard InChI is InChI=1S/C15H22FN3O/c1-3-13(14-7-6-12(16)10-17-14)18-11(2)15(20)19-8-4-5-9-19/h6-7,10-11,13,18H,3-5,8-9H2,1-2H3. The molecule has 0 aromatic carbocycles. The van der Waals surface area contributed by atoms with Gasteiger partial charge in [0.1, 0.15) is 5.82 Å². The van der Waals surface area contributed by atoms with E-state index < -0.39 is 0 Å². The first-order chi connectivity index (χ1) is 9.61. The minimum Gasteiger partial charge on any atom is -0.341 e. The van der Waals surface area contributed by atoms with Gasteiger partial charge >= 0.3 is 0 Å². The molecule has 0 bridgehead atoms. The SMILES string of the molecule is CCC(NC(C)C(=O)N1CCCC1)c1ccc(F)cn1. The van der Waals surface area contributed by atoms with Crippen LogP contribution in [0, 0.1) is 5.82 Å². The van der Waals surface area contributed by atoms with Gasteiger partial charge in [0, 0.05) is 19.1 Å². The van der Waals surface area contributed by atoms with E-state index in [0.29, 0.717) is 0 Å². The molecule has 0 aliphatic carbocycles. The molecule has 4 nitrogen and oxygen atoms in total. The Morgan fingerprint density at radius 3 is 2.70 bits per heavy atom. The molecule has 1 aromatic rings. The lowest BCUT2D eigenvalue weighted by molar-refractivity contribution is -0.132. The van der Waals surface area contributed by atoms with Gasteiger partial charge in [-0.2, -0.15) is 0 Å². The van der Waals surface area contributed by atoms with Gasteiger partial charge in [0.2, 0.25) is 5.91 Å². The second kappa shape index (κ2) is 6.79. The van der Waals surface area contributed by atoms with Gasteiger partial charge in [-0.1, -0.05) is 6.92 Å². The highest BCUT2D eigenvalue weighted by Crippen LogP contribution is 2.16. The third-order valence-corrected chi connectivity index (χ3v) is 3.75. The fourth-order valence-corrected chi connectivity index (χ4v) is 2.59. The van der Waals surface area contributed by atoms with E-state index in [9.17, 15) is 9.18 Å². The number of halogens is 1. The second-order valence-corrected chi connectivity index (χ2v) is 5.28. The number of hydrogen-bond acceptors (Lipinski definition) is 3. The molecule has 1 aromatic heterocycles. The minimum atomic E-state index is -0.343. The molecule has 0 saturated carbocycles. The van der Waals surface area contributed by atoms with Crippen molar-refractivity contribution in [2.75, 3.05) is 13.1 Å². The fourth-order valence-electron chi connectivity index (χ4n) is 2.59. The van der Waals surface area contributed by atoms with Gasteiger partial charge in [0.05, 0.1) is 17.9 Å². The number of carbonyl (C=O) groups is 1. The predicted molar refractivity (Wildman–Crippen MR) is 75.6 cm³/mol. The number of carbonyl (C=O) groups excluding carboxylic acids is 1. The first-order valence-corrected chi connectivity index (χ1v) is 7.28. The van der Waals surface area contributed by atoms with E-state index in [1.165, 1.54) is 12.3 Å². The minimum absolute atomic E-state index is 0.0304. The van der Waals surface area contributed by atoms with Crippen molar-refractivity contribution < 1.29 is 9.18 Å². The van der Waals surface area contributed by atoms with Gasteiger partial charge in [-0.25, -0.2) is 4.39 Å². The van der Waals surface area contributed by atoms with Gasteiger partial charge in [-0.15, -0.1) is 0 Å². The lowest BCUT2D eigenvalue weighted by atomic mass is 10.1. The normalized spacial score (nSPS) is 18.1. The van der Waals surface area contributed by atoms with Gasteiger partial charge < -0.3 is 4.90 Å². The number of nitrogens with zero attached hydrogens (tertiary/aromatic N) is 2. The summed E-state index contributed by atoms with van der Waals surface area (Å²) in [6, 6.07) is 2.80. The average Bonchev–Trinajstić information content (AvgIpc) is 2.99. The van der Waals surface area contributed by atoms with E-state index in [-0.39, 0.29) is 23.8 Å². The lowest BCUT2D eigenvalue weighted by Gasteiger charge is -2.25. The summed E-state index contributed by atoms with van der Waals surface area (Å²) in [6.45, 7) is 5.62. The number of hydrogen-bond donors (Lipinski definition) is 1. The zero-order valence-corrected chi connectivity index (χ0v) is 12.1. The van der Waals surface area contributed by atoms with E-state index in [0.717, 1.165) is 38.0 Å². The molecule has 2 atom stereocenters. The van der Waals surface area contributed by atoms with Crippen LogP contribution in [-0.4, -0.2) is 34.9 Å². The Kier molecular flexibility index (Phi) is 5.06.